The lowest BCUT2D eigenvalue weighted by Gasteiger charge is -1.98. The van der Waals surface area contributed by atoms with Gasteiger partial charge in [0.2, 0.25) is 5.91 Å². The fraction of sp³-hybridized carbons (Fsp3) is 0. The van der Waals surface area contributed by atoms with Crippen LogP contribution < -0.4 is 5.73 Å². The van der Waals surface area contributed by atoms with E-state index in [9.17, 15) is 9.59 Å². The zero-order chi connectivity index (χ0) is 10.6. The van der Waals surface area contributed by atoms with Crippen LogP contribution in [-0.2, 0) is 4.79 Å². The van der Waals surface area contributed by atoms with Gasteiger partial charge in [-0.1, -0.05) is 11.6 Å². The second kappa shape index (κ2) is 4.58. The van der Waals surface area contributed by atoms with Crippen molar-refractivity contribution >= 4 is 29.9 Å². The van der Waals surface area contributed by atoms with E-state index in [0.717, 1.165) is 0 Å². The standard InChI is InChI=1S/C10H8ClNO2/c11-9-3-1-8(6-13)7(5-9)2-4-10(12)14/h1-6H,(H2,12,14). The van der Waals surface area contributed by atoms with Crippen LogP contribution in [0.25, 0.3) is 6.08 Å². The third-order valence-corrected chi connectivity index (χ3v) is 1.84. The summed E-state index contributed by atoms with van der Waals surface area (Å²) in [7, 11) is 0. The van der Waals surface area contributed by atoms with E-state index in [1.165, 1.54) is 12.2 Å². The minimum atomic E-state index is -0.568. The predicted octanol–water partition coefficient (Wildman–Crippen LogP) is 1.65. The van der Waals surface area contributed by atoms with Gasteiger partial charge in [0.25, 0.3) is 0 Å². The molecule has 0 saturated carbocycles. The van der Waals surface area contributed by atoms with Gasteiger partial charge in [-0.25, -0.2) is 0 Å². The number of rotatable bonds is 3. The van der Waals surface area contributed by atoms with Gasteiger partial charge in [-0.2, -0.15) is 0 Å². The van der Waals surface area contributed by atoms with Gasteiger partial charge in [-0.3, -0.25) is 9.59 Å². The number of carbonyl (C=O) groups excluding carboxylic acids is 2. The topological polar surface area (TPSA) is 60.2 Å². The van der Waals surface area contributed by atoms with E-state index in [-0.39, 0.29) is 0 Å². The Morgan fingerprint density at radius 2 is 2.07 bits per heavy atom. The molecule has 1 rings (SSSR count). The number of hydrogen-bond donors (Lipinski definition) is 1. The molecular formula is C10H8ClNO2. The number of amides is 1. The van der Waals surface area contributed by atoms with Crippen LogP contribution in [0.4, 0.5) is 0 Å². The third kappa shape index (κ3) is 2.71. The van der Waals surface area contributed by atoms with Crippen LogP contribution in [0.3, 0.4) is 0 Å². The fourth-order valence-corrected chi connectivity index (χ4v) is 1.15. The highest BCUT2D eigenvalue weighted by molar-refractivity contribution is 6.30. The normalized spacial score (nSPS) is 10.4. The number of carbonyl (C=O) groups is 2. The van der Waals surface area contributed by atoms with Crippen molar-refractivity contribution in [3.8, 4) is 0 Å². The molecule has 0 radical (unpaired) electrons. The highest BCUT2D eigenvalue weighted by Crippen LogP contribution is 2.15. The lowest BCUT2D eigenvalue weighted by atomic mass is 10.1. The molecule has 0 bridgehead atoms. The smallest absolute Gasteiger partial charge is 0.241 e. The molecule has 1 aromatic rings. The third-order valence-electron chi connectivity index (χ3n) is 1.60. The molecule has 1 aromatic carbocycles. The molecule has 0 spiro atoms. The number of halogens is 1. The zero-order valence-electron chi connectivity index (χ0n) is 7.24. The zero-order valence-corrected chi connectivity index (χ0v) is 7.99. The molecule has 72 valence electrons. The van der Waals surface area contributed by atoms with E-state index in [0.29, 0.717) is 22.4 Å². The maximum atomic E-state index is 10.6. The lowest BCUT2D eigenvalue weighted by Crippen LogP contribution is -2.05. The number of hydrogen-bond acceptors (Lipinski definition) is 2. The Bertz CT molecular complexity index is 399. The van der Waals surface area contributed by atoms with Crippen molar-refractivity contribution < 1.29 is 9.59 Å². The molecule has 14 heavy (non-hydrogen) atoms. The molecule has 2 N–H and O–H groups in total. The first-order chi connectivity index (χ1) is 6.63. The highest BCUT2D eigenvalue weighted by Gasteiger charge is 1.99. The van der Waals surface area contributed by atoms with Crippen LogP contribution in [0.15, 0.2) is 24.3 Å². The second-order valence-corrected chi connectivity index (χ2v) is 3.06. The Morgan fingerprint density at radius 1 is 1.36 bits per heavy atom. The van der Waals surface area contributed by atoms with Crippen LogP contribution in [0.5, 0.6) is 0 Å². The van der Waals surface area contributed by atoms with Crippen molar-refractivity contribution in [3.63, 3.8) is 0 Å². The minimum absolute atomic E-state index is 0.465. The number of aldehydes is 1. The number of primary amides is 1. The fourth-order valence-electron chi connectivity index (χ4n) is 0.969. The second-order valence-electron chi connectivity index (χ2n) is 2.63. The van der Waals surface area contributed by atoms with Crippen molar-refractivity contribution in [1.29, 1.82) is 0 Å². The van der Waals surface area contributed by atoms with Gasteiger partial charge in [0.1, 0.15) is 0 Å². The monoisotopic (exact) mass is 209 g/mol. The molecule has 0 saturated heterocycles. The number of benzene rings is 1. The summed E-state index contributed by atoms with van der Waals surface area (Å²) in [5, 5.41) is 0.500. The molecule has 0 aliphatic heterocycles. The highest BCUT2D eigenvalue weighted by atomic mass is 35.5. The van der Waals surface area contributed by atoms with Gasteiger partial charge >= 0.3 is 0 Å². The van der Waals surface area contributed by atoms with E-state index in [2.05, 4.69) is 0 Å². The van der Waals surface area contributed by atoms with Crippen LogP contribution in [0.2, 0.25) is 5.02 Å². The molecule has 0 heterocycles. The van der Waals surface area contributed by atoms with Crippen molar-refractivity contribution in [3.05, 3.63) is 40.4 Å². The Morgan fingerprint density at radius 3 is 2.64 bits per heavy atom. The molecule has 0 unspecified atom stereocenters. The van der Waals surface area contributed by atoms with Crippen LogP contribution >= 0.6 is 11.6 Å². The molecule has 0 aliphatic carbocycles. The molecule has 1 amide bonds. The molecule has 0 aromatic heterocycles. The summed E-state index contributed by atoms with van der Waals surface area (Å²) in [5.41, 5.74) is 5.96. The van der Waals surface area contributed by atoms with E-state index in [1.54, 1.807) is 18.2 Å². The van der Waals surface area contributed by atoms with Gasteiger partial charge < -0.3 is 5.73 Å². The lowest BCUT2D eigenvalue weighted by molar-refractivity contribution is -0.113. The summed E-state index contributed by atoms with van der Waals surface area (Å²) in [6, 6.07) is 4.77. The number of nitrogens with two attached hydrogens (primary N) is 1. The molecule has 0 atom stereocenters. The summed E-state index contributed by atoms with van der Waals surface area (Å²) in [6.45, 7) is 0. The van der Waals surface area contributed by atoms with E-state index < -0.39 is 5.91 Å². The van der Waals surface area contributed by atoms with E-state index >= 15 is 0 Å². The Balaban J connectivity index is 3.10. The average molecular weight is 210 g/mol. The molecule has 0 fully saturated rings. The summed E-state index contributed by atoms with van der Waals surface area (Å²) in [5.74, 6) is -0.568. The van der Waals surface area contributed by atoms with Crippen molar-refractivity contribution in [1.82, 2.24) is 0 Å². The Hall–Kier alpha value is -1.61. The van der Waals surface area contributed by atoms with Crippen molar-refractivity contribution in [2.45, 2.75) is 0 Å². The molecule has 3 nitrogen and oxygen atoms in total. The van der Waals surface area contributed by atoms with Crippen LogP contribution in [0, 0.1) is 0 Å². The quantitative estimate of drug-likeness (QED) is 0.608. The van der Waals surface area contributed by atoms with Gasteiger partial charge in [0.15, 0.2) is 6.29 Å². The Labute approximate surface area is 86.2 Å². The first-order valence-electron chi connectivity index (χ1n) is 3.85. The maximum absolute atomic E-state index is 10.6. The minimum Gasteiger partial charge on any atom is -0.366 e. The van der Waals surface area contributed by atoms with Crippen molar-refractivity contribution in [2.75, 3.05) is 0 Å². The summed E-state index contributed by atoms with van der Waals surface area (Å²) < 4.78 is 0. The first-order valence-corrected chi connectivity index (χ1v) is 4.23. The van der Waals surface area contributed by atoms with Gasteiger partial charge in [0.05, 0.1) is 0 Å². The maximum Gasteiger partial charge on any atom is 0.241 e. The largest absolute Gasteiger partial charge is 0.366 e. The van der Waals surface area contributed by atoms with E-state index in [1.807, 2.05) is 0 Å². The van der Waals surface area contributed by atoms with Crippen LogP contribution in [0.1, 0.15) is 15.9 Å². The van der Waals surface area contributed by atoms with E-state index in [4.69, 9.17) is 17.3 Å². The molecular weight excluding hydrogens is 202 g/mol. The van der Waals surface area contributed by atoms with Crippen LogP contribution in [-0.4, -0.2) is 12.2 Å². The summed E-state index contributed by atoms with van der Waals surface area (Å²) in [4.78, 5) is 21.1. The SMILES string of the molecule is NC(=O)C=Cc1cc(Cl)ccc1C=O. The molecule has 0 aliphatic rings. The summed E-state index contributed by atoms with van der Waals surface area (Å²) in [6.07, 6.45) is 3.33. The molecule has 4 heteroatoms. The van der Waals surface area contributed by atoms with Gasteiger partial charge in [-0.05, 0) is 29.8 Å². The summed E-state index contributed by atoms with van der Waals surface area (Å²) >= 11 is 5.72. The first kappa shape index (κ1) is 10.5. The Kier molecular flexibility index (Phi) is 3.42. The average Bonchev–Trinajstić information content (AvgIpc) is 2.15. The van der Waals surface area contributed by atoms with Gasteiger partial charge in [0, 0.05) is 16.7 Å². The van der Waals surface area contributed by atoms with Gasteiger partial charge in [-0.15, -0.1) is 0 Å². The predicted molar refractivity (Wildman–Crippen MR) is 55.1 cm³/mol. The van der Waals surface area contributed by atoms with Crippen molar-refractivity contribution in [2.24, 2.45) is 5.73 Å².